The molecule has 0 bridgehead atoms. The maximum atomic E-state index is 11.9. The summed E-state index contributed by atoms with van der Waals surface area (Å²) in [4.78, 5) is 44.8. The van der Waals surface area contributed by atoms with Crippen LogP contribution in [0.25, 0.3) is 0 Å². The molecule has 4 N–H and O–H groups in total. The number of carboxylic acids is 2. The van der Waals surface area contributed by atoms with E-state index in [9.17, 15) is 19.2 Å². The number of carboxylic acid groups (broad SMARTS) is 2. The molecule has 0 rings (SSSR count). The van der Waals surface area contributed by atoms with Crippen molar-refractivity contribution in [3.8, 4) is 0 Å². The van der Waals surface area contributed by atoms with Crippen molar-refractivity contribution in [3.05, 3.63) is 0 Å². The van der Waals surface area contributed by atoms with Crippen molar-refractivity contribution in [2.75, 3.05) is 13.1 Å². The molecule has 0 saturated heterocycles. The van der Waals surface area contributed by atoms with Gasteiger partial charge < -0.3 is 20.8 Å². The summed E-state index contributed by atoms with van der Waals surface area (Å²) in [6.07, 6.45) is 17.4. The smallest absolute Gasteiger partial charge is 0.306 e. The molecule has 0 unspecified atom stereocenters. The molecule has 0 heterocycles. The van der Waals surface area contributed by atoms with Crippen molar-refractivity contribution < 1.29 is 29.4 Å². The van der Waals surface area contributed by atoms with E-state index in [1.807, 2.05) is 0 Å². The number of carbonyl (C=O) groups excluding carboxylic acids is 2. The first-order chi connectivity index (χ1) is 16.8. The zero-order chi connectivity index (χ0) is 26.2. The molecule has 0 saturated carbocycles. The minimum absolute atomic E-state index is 0.00317. The quantitative estimate of drug-likeness (QED) is 0.124. The molecule has 0 aliphatic rings. The number of nitrogens with one attached hydrogen (secondary N) is 2. The standard InChI is InChI=1S/C27H50N2O6/c1-23(27(34)35)17-13-15-22-29-25(31)19-16-18-24(30)28-21-14-11-9-7-5-3-2-4-6-8-10-12-20-26(32)33/h23H,2-22H2,1H3,(H,28,30)(H,29,31)(H,32,33)(H,34,35)/t23-/m0/s1. The highest BCUT2D eigenvalue weighted by atomic mass is 16.4. The van der Waals surface area contributed by atoms with Crippen molar-refractivity contribution in [2.45, 2.75) is 129 Å². The van der Waals surface area contributed by atoms with Crippen LogP contribution in [0.5, 0.6) is 0 Å². The molecule has 2 amide bonds. The van der Waals surface area contributed by atoms with Gasteiger partial charge in [0, 0.05) is 32.4 Å². The fourth-order valence-electron chi connectivity index (χ4n) is 3.91. The van der Waals surface area contributed by atoms with Crippen LogP contribution in [0.3, 0.4) is 0 Å². The largest absolute Gasteiger partial charge is 0.481 e. The Kier molecular flexibility index (Phi) is 22.2. The van der Waals surface area contributed by atoms with Gasteiger partial charge in [0.25, 0.3) is 0 Å². The fourth-order valence-corrected chi connectivity index (χ4v) is 3.91. The Morgan fingerprint density at radius 3 is 1.37 bits per heavy atom. The van der Waals surface area contributed by atoms with Crippen LogP contribution in [0.1, 0.15) is 129 Å². The molecule has 0 aromatic carbocycles. The van der Waals surface area contributed by atoms with Crippen LogP contribution in [0.15, 0.2) is 0 Å². The summed E-state index contributed by atoms with van der Waals surface area (Å²) in [5, 5.41) is 23.2. The zero-order valence-corrected chi connectivity index (χ0v) is 22.0. The molecule has 0 spiro atoms. The van der Waals surface area contributed by atoms with Gasteiger partial charge in [0.1, 0.15) is 0 Å². The monoisotopic (exact) mass is 498 g/mol. The number of carbonyl (C=O) groups is 4. The highest BCUT2D eigenvalue weighted by Crippen LogP contribution is 2.12. The van der Waals surface area contributed by atoms with Gasteiger partial charge in [0.15, 0.2) is 0 Å². The second kappa shape index (κ2) is 23.6. The highest BCUT2D eigenvalue weighted by molar-refractivity contribution is 5.78. The predicted octanol–water partition coefficient (Wildman–Crippen LogP) is 5.44. The van der Waals surface area contributed by atoms with Crippen molar-refractivity contribution in [2.24, 2.45) is 5.92 Å². The maximum absolute atomic E-state index is 11.9. The van der Waals surface area contributed by atoms with Gasteiger partial charge in [0.05, 0.1) is 5.92 Å². The number of unbranched alkanes of at least 4 members (excludes halogenated alkanes) is 12. The Morgan fingerprint density at radius 1 is 0.543 bits per heavy atom. The molecule has 8 heteroatoms. The van der Waals surface area contributed by atoms with Crippen molar-refractivity contribution in [3.63, 3.8) is 0 Å². The van der Waals surface area contributed by atoms with Crippen molar-refractivity contribution >= 4 is 23.8 Å². The fraction of sp³-hybridized carbons (Fsp3) is 0.852. The summed E-state index contributed by atoms with van der Waals surface area (Å²) in [6, 6.07) is 0. The molecule has 0 aromatic rings. The lowest BCUT2D eigenvalue weighted by molar-refractivity contribution is -0.141. The second-order valence-electron chi connectivity index (χ2n) is 9.67. The summed E-state index contributed by atoms with van der Waals surface area (Å²) in [5.74, 6) is -1.88. The van der Waals surface area contributed by atoms with E-state index in [2.05, 4.69) is 10.6 Å². The molecule has 0 radical (unpaired) electrons. The Labute approximate surface area is 212 Å². The lowest BCUT2D eigenvalue weighted by Gasteiger charge is -2.08. The lowest BCUT2D eigenvalue weighted by Crippen LogP contribution is -2.26. The van der Waals surface area contributed by atoms with Gasteiger partial charge in [-0.3, -0.25) is 19.2 Å². The van der Waals surface area contributed by atoms with Crippen LogP contribution < -0.4 is 10.6 Å². The molecular weight excluding hydrogens is 448 g/mol. The lowest BCUT2D eigenvalue weighted by atomic mass is 10.0. The van der Waals surface area contributed by atoms with Crippen molar-refractivity contribution in [1.29, 1.82) is 0 Å². The minimum atomic E-state index is -0.783. The topological polar surface area (TPSA) is 133 Å². The molecule has 0 aliphatic heterocycles. The van der Waals surface area contributed by atoms with Crippen molar-refractivity contribution in [1.82, 2.24) is 10.6 Å². The molecule has 8 nitrogen and oxygen atoms in total. The Balaban J connectivity index is 3.34. The minimum Gasteiger partial charge on any atom is -0.481 e. The van der Waals surface area contributed by atoms with Gasteiger partial charge in [-0.15, -0.1) is 0 Å². The van der Waals surface area contributed by atoms with Crippen LogP contribution in [0.2, 0.25) is 0 Å². The highest BCUT2D eigenvalue weighted by Gasteiger charge is 2.10. The number of hydrogen-bond donors (Lipinski definition) is 4. The van der Waals surface area contributed by atoms with Gasteiger partial charge in [-0.05, 0) is 32.1 Å². The third-order valence-corrected chi connectivity index (χ3v) is 6.25. The predicted molar refractivity (Wildman–Crippen MR) is 138 cm³/mol. The van der Waals surface area contributed by atoms with Crippen LogP contribution in [-0.4, -0.2) is 47.1 Å². The molecule has 0 aliphatic carbocycles. The second-order valence-corrected chi connectivity index (χ2v) is 9.67. The summed E-state index contributed by atoms with van der Waals surface area (Å²) < 4.78 is 0. The average Bonchev–Trinajstić information content (AvgIpc) is 2.80. The van der Waals surface area contributed by atoms with E-state index in [0.717, 1.165) is 44.9 Å². The third kappa shape index (κ3) is 24.8. The van der Waals surface area contributed by atoms with Gasteiger partial charge in [-0.1, -0.05) is 77.6 Å². The summed E-state index contributed by atoms with van der Waals surface area (Å²) in [5.41, 5.74) is 0. The summed E-state index contributed by atoms with van der Waals surface area (Å²) in [7, 11) is 0. The molecular formula is C27H50N2O6. The molecule has 35 heavy (non-hydrogen) atoms. The average molecular weight is 499 g/mol. The van der Waals surface area contributed by atoms with E-state index in [0.29, 0.717) is 45.2 Å². The van der Waals surface area contributed by atoms with E-state index in [4.69, 9.17) is 10.2 Å². The van der Waals surface area contributed by atoms with Gasteiger partial charge >= 0.3 is 11.9 Å². The zero-order valence-electron chi connectivity index (χ0n) is 22.0. The van der Waals surface area contributed by atoms with Gasteiger partial charge in [0.2, 0.25) is 11.8 Å². The molecule has 204 valence electrons. The van der Waals surface area contributed by atoms with Gasteiger partial charge in [-0.2, -0.15) is 0 Å². The number of rotatable bonds is 25. The first kappa shape index (κ1) is 32.9. The molecule has 0 fully saturated rings. The van der Waals surface area contributed by atoms with Gasteiger partial charge in [-0.25, -0.2) is 0 Å². The van der Waals surface area contributed by atoms with Crippen LogP contribution >= 0.6 is 0 Å². The summed E-state index contributed by atoms with van der Waals surface area (Å²) in [6.45, 7) is 2.93. The van der Waals surface area contributed by atoms with E-state index in [1.165, 1.54) is 44.9 Å². The van der Waals surface area contributed by atoms with Crippen LogP contribution in [0.4, 0.5) is 0 Å². The number of amides is 2. The molecule has 0 aromatic heterocycles. The maximum Gasteiger partial charge on any atom is 0.306 e. The Hall–Kier alpha value is -2.12. The molecule has 1 atom stereocenters. The van der Waals surface area contributed by atoms with E-state index < -0.39 is 11.9 Å². The van der Waals surface area contributed by atoms with E-state index >= 15 is 0 Å². The number of aliphatic carboxylic acids is 2. The first-order valence-electron chi connectivity index (χ1n) is 13.8. The van der Waals surface area contributed by atoms with E-state index in [1.54, 1.807) is 6.92 Å². The summed E-state index contributed by atoms with van der Waals surface area (Å²) >= 11 is 0. The SMILES string of the molecule is C[C@@H](CCCCNC(=O)CCCC(=O)NCCCCCCCCCCCCCCC(=O)O)C(=O)O. The normalized spacial score (nSPS) is 11.7. The number of hydrogen-bond acceptors (Lipinski definition) is 4. The Morgan fingerprint density at radius 2 is 0.943 bits per heavy atom. The van der Waals surface area contributed by atoms with Crippen LogP contribution in [-0.2, 0) is 19.2 Å². The first-order valence-corrected chi connectivity index (χ1v) is 13.8. The third-order valence-electron chi connectivity index (χ3n) is 6.25. The van der Waals surface area contributed by atoms with E-state index in [-0.39, 0.29) is 17.7 Å². The Bertz CT molecular complexity index is 582. The van der Waals surface area contributed by atoms with Crippen LogP contribution in [0, 0.1) is 5.92 Å².